The lowest BCUT2D eigenvalue weighted by atomic mass is 9.89. The Kier molecular flexibility index (Phi) is 4.92. The predicted molar refractivity (Wildman–Crippen MR) is 87.0 cm³/mol. The molecule has 1 saturated heterocycles. The van der Waals surface area contributed by atoms with Crippen molar-refractivity contribution in [3.8, 4) is 0 Å². The molecular formula is C17H22N4O3. The zero-order chi connectivity index (χ0) is 17.0. The van der Waals surface area contributed by atoms with E-state index in [-0.39, 0.29) is 12.5 Å². The van der Waals surface area contributed by atoms with E-state index in [0.29, 0.717) is 31.7 Å². The van der Waals surface area contributed by atoms with Gasteiger partial charge in [0.2, 0.25) is 5.91 Å². The van der Waals surface area contributed by atoms with Crippen LogP contribution >= 0.6 is 0 Å². The molecule has 0 bridgehead atoms. The molecule has 7 nitrogen and oxygen atoms in total. The summed E-state index contributed by atoms with van der Waals surface area (Å²) in [7, 11) is 1.65. The number of aromatic nitrogens is 3. The number of likely N-dealkylation sites (tertiary alicyclic amines) is 1. The molecule has 0 aliphatic carbocycles. The van der Waals surface area contributed by atoms with Gasteiger partial charge in [-0.25, -0.2) is 0 Å². The molecule has 1 fully saturated rings. The fraction of sp³-hybridized carbons (Fsp3) is 0.471. The summed E-state index contributed by atoms with van der Waals surface area (Å²) in [6, 6.07) is 7.82. The number of H-pyrrole nitrogens is 1. The summed E-state index contributed by atoms with van der Waals surface area (Å²) in [4.78, 5) is 14.3. The van der Waals surface area contributed by atoms with Gasteiger partial charge in [0, 0.05) is 13.7 Å². The molecule has 0 spiro atoms. The molecule has 3 rings (SSSR count). The standard InChI is InChI=1S/C17H22N4O3/c1-24-11-14-5-2-4-13(8-14)9-16(22)21-7-3-6-17(23,12-21)15-10-18-20-19-15/h2,4-5,8,10,23H,3,6-7,9,11-12H2,1H3,(H,18,19,20)/t17-/m1/s1. The molecule has 1 aromatic heterocycles. The van der Waals surface area contributed by atoms with Crippen molar-refractivity contribution in [2.24, 2.45) is 0 Å². The summed E-state index contributed by atoms with van der Waals surface area (Å²) in [5.74, 6) is 0.00573. The second kappa shape index (κ2) is 7.11. The number of amides is 1. The quantitative estimate of drug-likeness (QED) is 0.853. The third kappa shape index (κ3) is 3.63. The van der Waals surface area contributed by atoms with E-state index < -0.39 is 5.60 Å². The Labute approximate surface area is 140 Å². The van der Waals surface area contributed by atoms with Crippen LogP contribution in [0, 0.1) is 0 Å². The molecule has 128 valence electrons. The molecule has 1 aliphatic rings. The Bertz CT molecular complexity index is 689. The van der Waals surface area contributed by atoms with Crippen molar-refractivity contribution < 1.29 is 14.6 Å². The van der Waals surface area contributed by atoms with Gasteiger partial charge in [-0.3, -0.25) is 4.79 Å². The van der Waals surface area contributed by atoms with E-state index in [1.54, 1.807) is 12.0 Å². The van der Waals surface area contributed by atoms with Gasteiger partial charge in [0.05, 0.1) is 25.8 Å². The highest BCUT2D eigenvalue weighted by Crippen LogP contribution is 2.30. The number of aliphatic hydroxyl groups is 1. The van der Waals surface area contributed by atoms with Gasteiger partial charge in [0.15, 0.2) is 0 Å². The van der Waals surface area contributed by atoms with Crippen molar-refractivity contribution in [1.29, 1.82) is 0 Å². The molecule has 2 heterocycles. The van der Waals surface area contributed by atoms with Gasteiger partial charge < -0.3 is 14.7 Å². The Morgan fingerprint density at radius 2 is 2.29 bits per heavy atom. The van der Waals surface area contributed by atoms with Gasteiger partial charge in [0.1, 0.15) is 11.3 Å². The Balaban J connectivity index is 1.67. The van der Waals surface area contributed by atoms with Gasteiger partial charge in [-0.1, -0.05) is 24.3 Å². The monoisotopic (exact) mass is 330 g/mol. The van der Waals surface area contributed by atoms with Crippen molar-refractivity contribution in [2.75, 3.05) is 20.2 Å². The number of nitrogens with one attached hydrogen (secondary N) is 1. The van der Waals surface area contributed by atoms with E-state index in [1.165, 1.54) is 6.20 Å². The molecule has 1 aliphatic heterocycles. The average molecular weight is 330 g/mol. The summed E-state index contributed by atoms with van der Waals surface area (Å²) in [5, 5.41) is 21.1. The minimum absolute atomic E-state index is 0.00573. The van der Waals surface area contributed by atoms with Crippen LogP contribution in [-0.2, 0) is 28.2 Å². The summed E-state index contributed by atoms with van der Waals surface area (Å²) in [6.45, 7) is 1.42. The van der Waals surface area contributed by atoms with Crippen LogP contribution in [0.15, 0.2) is 30.5 Å². The topological polar surface area (TPSA) is 91.3 Å². The van der Waals surface area contributed by atoms with E-state index in [4.69, 9.17) is 4.74 Å². The maximum atomic E-state index is 12.6. The third-order valence-electron chi connectivity index (χ3n) is 4.37. The lowest BCUT2D eigenvalue weighted by Gasteiger charge is -2.38. The first kappa shape index (κ1) is 16.6. The number of ether oxygens (including phenoxy) is 1. The van der Waals surface area contributed by atoms with Crippen molar-refractivity contribution >= 4 is 5.91 Å². The number of aromatic amines is 1. The van der Waals surface area contributed by atoms with Crippen LogP contribution in [0.3, 0.4) is 0 Å². The fourth-order valence-electron chi connectivity index (χ4n) is 3.17. The Morgan fingerprint density at radius 1 is 1.46 bits per heavy atom. The number of rotatable bonds is 5. The third-order valence-corrected chi connectivity index (χ3v) is 4.37. The highest BCUT2D eigenvalue weighted by atomic mass is 16.5. The highest BCUT2D eigenvalue weighted by molar-refractivity contribution is 5.79. The smallest absolute Gasteiger partial charge is 0.227 e. The largest absolute Gasteiger partial charge is 0.382 e. The van der Waals surface area contributed by atoms with Crippen molar-refractivity contribution in [3.63, 3.8) is 0 Å². The van der Waals surface area contributed by atoms with Gasteiger partial charge in [0.25, 0.3) is 0 Å². The van der Waals surface area contributed by atoms with Gasteiger partial charge in [-0.2, -0.15) is 15.4 Å². The van der Waals surface area contributed by atoms with E-state index in [2.05, 4.69) is 15.4 Å². The van der Waals surface area contributed by atoms with E-state index in [0.717, 1.165) is 17.5 Å². The maximum absolute atomic E-state index is 12.6. The number of piperidine rings is 1. The molecule has 1 amide bonds. The van der Waals surface area contributed by atoms with Crippen LogP contribution in [0.25, 0.3) is 0 Å². The number of methoxy groups -OCH3 is 1. The summed E-state index contributed by atoms with van der Waals surface area (Å²) in [5.41, 5.74) is 1.35. The van der Waals surface area contributed by atoms with Crippen molar-refractivity contribution in [1.82, 2.24) is 20.3 Å². The molecular weight excluding hydrogens is 308 g/mol. The van der Waals surface area contributed by atoms with Gasteiger partial charge in [-0.05, 0) is 24.0 Å². The molecule has 24 heavy (non-hydrogen) atoms. The van der Waals surface area contributed by atoms with Crippen molar-refractivity contribution in [3.05, 3.63) is 47.3 Å². The molecule has 7 heteroatoms. The number of carbonyl (C=O) groups excluding carboxylic acids is 1. The SMILES string of the molecule is COCc1cccc(CC(=O)N2CCC[C@](O)(c3cn[nH]n3)C2)c1. The summed E-state index contributed by atoms with van der Waals surface area (Å²) >= 11 is 0. The molecule has 0 saturated carbocycles. The van der Waals surface area contributed by atoms with Crippen LogP contribution in [0.5, 0.6) is 0 Å². The predicted octanol–water partition coefficient (Wildman–Crippen LogP) is 1.00. The zero-order valence-electron chi connectivity index (χ0n) is 13.7. The minimum Gasteiger partial charge on any atom is -0.382 e. The van der Waals surface area contributed by atoms with Gasteiger partial charge in [-0.15, -0.1) is 0 Å². The van der Waals surface area contributed by atoms with E-state index >= 15 is 0 Å². The lowest BCUT2D eigenvalue weighted by Crippen LogP contribution is -2.49. The first-order chi connectivity index (χ1) is 11.6. The molecule has 0 unspecified atom stereocenters. The first-order valence-corrected chi connectivity index (χ1v) is 8.04. The first-order valence-electron chi connectivity index (χ1n) is 8.04. The zero-order valence-corrected chi connectivity index (χ0v) is 13.7. The van der Waals surface area contributed by atoms with Gasteiger partial charge >= 0.3 is 0 Å². The number of hydrogen-bond donors (Lipinski definition) is 2. The van der Waals surface area contributed by atoms with E-state index in [1.807, 2.05) is 24.3 Å². The summed E-state index contributed by atoms with van der Waals surface area (Å²) < 4.78 is 5.13. The Morgan fingerprint density at radius 3 is 3.04 bits per heavy atom. The Hall–Kier alpha value is -2.25. The second-order valence-corrected chi connectivity index (χ2v) is 6.24. The second-order valence-electron chi connectivity index (χ2n) is 6.24. The number of benzene rings is 1. The highest BCUT2D eigenvalue weighted by Gasteiger charge is 2.38. The van der Waals surface area contributed by atoms with Crippen LogP contribution in [0.1, 0.15) is 29.7 Å². The summed E-state index contributed by atoms with van der Waals surface area (Å²) in [6.07, 6.45) is 3.14. The number of β-amino-alcohol motifs (C(OH)–C–C–N with tert-alkyl or cyclic N) is 1. The lowest BCUT2D eigenvalue weighted by molar-refractivity contribution is -0.138. The van der Waals surface area contributed by atoms with Crippen LogP contribution in [-0.4, -0.2) is 51.5 Å². The van der Waals surface area contributed by atoms with Crippen LogP contribution in [0.2, 0.25) is 0 Å². The molecule has 1 aromatic carbocycles. The molecule has 0 radical (unpaired) electrons. The number of hydrogen-bond acceptors (Lipinski definition) is 5. The number of carbonyl (C=O) groups is 1. The molecule has 1 atom stereocenters. The van der Waals surface area contributed by atoms with Crippen LogP contribution in [0.4, 0.5) is 0 Å². The van der Waals surface area contributed by atoms with E-state index in [9.17, 15) is 9.90 Å². The maximum Gasteiger partial charge on any atom is 0.227 e. The molecule has 2 aromatic rings. The normalized spacial score (nSPS) is 21.0. The average Bonchev–Trinajstić information content (AvgIpc) is 3.11. The van der Waals surface area contributed by atoms with Crippen molar-refractivity contribution in [2.45, 2.75) is 31.5 Å². The van der Waals surface area contributed by atoms with Crippen LogP contribution < -0.4 is 0 Å². The number of nitrogens with zero attached hydrogens (tertiary/aromatic N) is 3. The fourth-order valence-corrected chi connectivity index (χ4v) is 3.17. The minimum atomic E-state index is -1.13. The molecule has 2 N–H and O–H groups in total.